The van der Waals surface area contributed by atoms with Gasteiger partial charge in [-0.25, -0.2) is 0 Å². The van der Waals surface area contributed by atoms with Crippen LogP contribution in [0.2, 0.25) is 0 Å². The Bertz CT molecular complexity index is 2160. The van der Waals surface area contributed by atoms with Crippen molar-refractivity contribution in [3.63, 3.8) is 0 Å². The van der Waals surface area contributed by atoms with Crippen LogP contribution in [0.4, 0.5) is 5.69 Å². The molecule has 7 rings (SSSR count). The Balaban J connectivity index is 1.05. The molecule has 0 bridgehead atoms. The number of hydrogen-bond acceptors (Lipinski definition) is 11. The molecule has 2 aromatic carbocycles. The monoisotopic (exact) mass is 905 g/mol. The minimum Gasteiger partial charge on any atom is -0.481 e. The van der Waals surface area contributed by atoms with E-state index >= 15 is 0 Å². The number of carboxylic acids is 1. The molecule has 4 fully saturated rings. The van der Waals surface area contributed by atoms with E-state index < -0.39 is 90.0 Å². The van der Waals surface area contributed by atoms with Crippen LogP contribution in [0.25, 0.3) is 0 Å². The van der Waals surface area contributed by atoms with Crippen LogP contribution in [0.5, 0.6) is 0 Å². The van der Waals surface area contributed by atoms with Gasteiger partial charge in [0.05, 0.1) is 30.7 Å². The molecule has 3 amide bonds. The number of carbonyl (C=O) groups excluding carboxylic acids is 5. The number of aliphatic hydroxyl groups is 3. The molecule has 1 heterocycles. The number of allylic oxidation sites excluding steroid dienone is 4. The van der Waals surface area contributed by atoms with Gasteiger partial charge in [-0.1, -0.05) is 71.8 Å². The summed E-state index contributed by atoms with van der Waals surface area (Å²) in [4.78, 5) is 74.9. The molecule has 0 unspecified atom stereocenters. The Morgan fingerprint density at radius 1 is 1.00 bits per heavy atom. The number of anilines is 1. The zero-order valence-corrected chi connectivity index (χ0v) is 35.6. The first-order valence-corrected chi connectivity index (χ1v) is 21.7. The summed E-state index contributed by atoms with van der Waals surface area (Å²) >= 11 is 2.99. The normalized spacial score (nSPS) is 31.4. The number of halogens is 1. The van der Waals surface area contributed by atoms with Gasteiger partial charge in [-0.05, 0) is 91.3 Å². The first kappa shape index (κ1) is 44.5. The minimum absolute atomic E-state index is 0.0216. The van der Waals surface area contributed by atoms with Gasteiger partial charge in [0.25, 0.3) is 0 Å². The lowest BCUT2D eigenvalue weighted by atomic mass is 9.46. The van der Waals surface area contributed by atoms with E-state index in [-0.39, 0.29) is 48.3 Å². The largest absolute Gasteiger partial charge is 0.481 e. The maximum atomic E-state index is 14.0. The van der Waals surface area contributed by atoms with Gasteiger partial charge < -0.3 is 45.9 Å². The Kier molecular flexibility index (Phi) is 12.9. The highest BCUT2D eigenvalue weighted by atomic mass is 79.9. The fourth-order valence-electron chi connectivity index (χ4n) is 11.1. The van der Waals surface area contributed by atoms with Gasteiger partial charge in [-0.15, -0.1) is 0 Å². The lowest BCUT2D eigenvalue weighted by molar-refractivity contribution is -0.201. The number of amides is 3. The number of carbonyl (C=O) groups is 6. The number of alkyl halides is 1. The highest BCUT2D eigenvalue weighted by Crippen LogP contribution is 2.70. The van der Waals surface area contributed by atoms with Gasteiger partial charge in [-0.3, -0.25) is 28.8 Å². The number of fused-ring (bicyclic) bond motifs is 7. The molecule has 4 aliphatic carbocycles. The predicted octanol–water partition coefficient (Wildman–Crippen LogP) is 3.17. The Hall–Kier alpha value is -4.58. The average molecular weight is 907 g/mol. The number of aliphatic carboxylic acids is 1. The predicted molar refractivity (Wildman–Crippen MR) is 223 cm³/mol. The van der Waals surface area contributed by atoms with Crippen molar-refractivity contribution in [3.05, 3.63) is 88.5 Å². The van der Waals surface area contributed by atoms with Crippen molar-refractivity contribution in [2.24, 2.45) is 28.6 Å². The maximum absolute atomic E-state index is 14.0. The van der Waals surface area contributed by atoms with Crippen molar-refractivity contribution in [2.75, 3.05) is 23.8 Å². The fraction of sp³-hybridized carbons (Fsp3) is 0.511. The van der Waals surface area contributed by atoms with E-state index in [0.717, 1.165) is 23.1 Å². The third kappa shape index (κ3) is 8.37. The molecule has 10 atom stereocenters. The molecule has 15 nitrogen and oxygen atoms in total. The van der Waals surface area contributed by atoms with Crippen LogP contribution < -0.4 is 16.0 Å². The number of hydrogen-bond donors (Lipinski definition) is 7. The van der Waals surface area contributed by atoms with Crippen LogP contribution in [0.15, 0.2) is 66.3 Å². The molecule has 1 saturated heterocycles. The summed E-state index contributed by atoms with van der Waals surface area (Å²) in [7, 11) is 0. The lowest BCUT2D eigenvalue weighted by Crippen LogP contribution is -2.63. The van der Waals surface area contributed by atoms with Gasteiger partial charge >= 0.3 is 5.97 Å². The molecule has 326 valence electrons. The van der Waals surface area contributed by atoms with Crippen LogP contribution in [-0.4, -0.2) is 98.0 Å². The van der Waals surface area contributed by atoms with Crippen molar-refractivity contribution in [1.29, 1.82) is 0 Å². The van der Waals surface area contributed by atoms with Crippen LogP contribution in [0.3, 0.4) is 0 Å². The van der Waals surface area contributed by atoms with Crippen molar-refractivity contribution in [3.8, 4) is 0 Å². The molecule has 61 heavy (non-hydrogen) atoms. The summed E-state index contributed by atoms with van der Waals surface area (Å²) in [5.74, 6) is -3.61. The van der Waals surface area contributed by atoms with Crippen LogP contribution in [0.1, 0.15) is 80.9 Å². The number of carboxylic acid groups (broad SMARTS) is 1. The first-order valence-electron chi connectivity index (χ1n) is 20.6. The van der Waals surface area contributed by atoms with Gasteiger partial charge in [0, 0.05) is 34.4 Å². The molecular weight excluding hydrogens is 854 g/mol. The van der Waals surface area contributed by atoms with Gasteiger partial charge in [0.15, 0.2) is 23.5 Å². The molecule has 0 radical (unpaired) electrons. The Labute approximate surface area is 361 Å². The molecule has 1 aliphatic heterocycles. The van der Waals surface area contributed by atoms with Crippen molar-refractivity contribution in [1.82, 2.24) is 10.6 Å². The molecule has 5 aliphatic rings. The van der Waals surface area contributed by atoms with E-state index in [1.54, 1.807) is 30.4 Å². The highest BCUT2D eigenvalue weighted by Gasteiger charge is 2.75. The topological polar surface area (TPSA) is 238 Å². The van der Waals surface area contributed by atoms with Crippen molar-refractivity contribution in [2.45, 2.75) is 95.5 Å². The summed E-state index contributed by atoms with van der Waals surface area (Å²) in [6.45, 7) is 2.61. The number of ether oxygens (including phenoxy) is 2. The van der Waals surface area contributed by atoms with E-state index in [0.29, 0.717) is 36.1 Å². The molecule has 7 N–H and O–H groups in total. The highest BCUT2D eigenvalue weighted by molar-refractivity contribution is 9.09. The quantitative estimate of drug-likeness (QED) is 0.128. The molecule has 3 saturated carbocycles. The van der Waals surface area contributed by atoms with Gasteiger partial charge in [-0.2, -0.15) is 0 Å². The smallest absolute Gasteiger partial charge is 0.303 e. The maximum Gasteiger partial charge on any atom is 0.303 e. The summed E-state index contributed by atoms with van der Waals surface area (Å²) in [5, 5.41) is 49.1. The zero-order chi connectivity index (χ0) is 43.9. The number of benzene rings is 2. The van der Waals surface area contributed by atoms with E-state index in [2.05, 4.69) is 38.8 Å². The second-order valence-corrected chi connectivity index (χ2v) is 18.0. The number of ketones is 2. The van der Waals surface area contributed by atoms with Crippen LogP contribution >= 0.6 is 15.9 Å². The van der Waals surface area contributed by atoms with Gasteiger partial charge in [0.1, 0.15) is 12.6 Å². The summed E-state index contributed by atoms with van der Waals surface area (Å²) in [5.41, 5.74) is 1.30. The SMILES string of the molecule is C[C@]12C=CC(=O)C=C1CC[C@@H]1[C@@H]2[C@@H](O)C[C@@]2(C)[C@H]1C[C@H]1O[C@@H](c3ccc(Cc4cc(CO)cc(NC(=O)[C@H](CCC(=O)O)NC(=O)CNC(=O)CBr)c4)cc3)O[C@]12C(=O)CO. The molecular formula is C45H52BrN3O12. The zero-order valence-electron chi connectivity index (χ0n) is 34.0. The van der Waals surface area contributed by atoms with E-state index in [4.69, 9.17) is 9.47 Å². The summed E-state index contributed by atoms with van der Waals surface area (Å²) in [6.07, 6.45) is 4.91. The van der Waals surface area contributed by atoms with E-state index in [1.807, 2.05) is 37.3 Å². The minimum atomic E-state index is -1.48. The second kappa shape index (κ2) is 17.7. The summed E-state index contributed by atoms with van der Waals surface area (Å²) in [6, 6.07) is 11.3. The number of nitrogens with one attached hydrogen (secondary N) is 3. The number of Topliss-reactive ketones (excluding diaryl/α,β-unsaturated/α-hetero) is 1. The molecule has 0 spiro atoms. The standard InChI is InChI=1S/C45H52BrN3O12/c1-43-12-11-30(52)17-28(43)7-8-31-32-18-36-45(35(54)23-51,44(32,2)19-34(53)40(31)43)61-42(60-36)27-5-3-24(4-6-27)13-25-14-26(22-50)16-29(15-25)48-41(59)33(9-10-39(57)58)49-38(56)21-47-37(55)20-46/h3-6,11-12,14-17,31-34,36,40,42,50-51,53H,7-10,13,18-23H2,1-2H3,(H,47,55)(H,48,59)(H,49,56)(H,57,58)/t31-,32-,33-,34-,36+,40+,42+,43-,44-,45+/m0/s1. The molecule has 0 aromatic heterocycles. The summed E-state index contributed by atoms with van der Waals surface area (Å²) < 4.78 is 13.3. The first-order chi connectivity index (χ1) is 29.0. The fourth-order valence-corrected chi connectivity index (χ4v) is 11.3. The van der Waals surface area contributed by atoms with Crippen LogP contribution in [-0.2, 0) is 51.3 Å². The number of rotatable bonds is 15. The van der Waals surface area contributed by atoms with E-state index in [9.17, 15) is 49.2 Å². The van der Waals surface area contributed by atoms with Gasteiger partial charge in [0.2, 0.25) is 17.7 Å². The van der Waals surface area contributed by atoms with Crippen molar-refractivity contribution < 1.29 is 58.7 Å². The Morgan fingerprint density at radius 3 is 2.43 bits per heavy atom. The number of aliphatic hydroxyl groups excluding tert-OH is 3. The average Bonchev–Trinajstić information content (AvgIpc) is 3.74. The molecule has 2 aromatic rings. The van der Waals surface area contributed by atoms with Crippen molar-refractivity contribution >= 4 is 56.9 Å². The van der Waals surface area contributed by atoms with Crippen LogP contribution in [0, 0.1) is 28.6 Å². The Morgan fingerprint density at radius 2 is 1.74 bits per heavy atom. The second-order valence-electron chi connectivity index (χ2n) is 17.4. The lowest BCUT2D eigenvalue weighted by Gasteiger charge is -2.59. The van der Waals surface area contributed by atoms with E-state index in [1.165, 1.54) is 0 Å². The third-order valence-electron chi connectivity index (χ3n) is 13.8. The molecule has 16 heteroatoms. The third-order valence-corrected chi connectivity index (χ3v) is 14.3.